The predicted octanol–water partition coefficient (Wildman–Crippen LogP) is 3.52. The molecule has 0 aromatic heterocycles. The monoisotopic (exact) mass is 330 g/mol. The van der Waals surface area contributed by atoms with Crippen molar-refractivity contribution in [3.05, 3.63) is 41.5 Å². The second-order valence-corrected chi connectivity index (χ2v) is 6.20. The molecule has 0 saturated heterocycles. The first-order valence-electron chi connectivity index (χ1n) is 9.20. The summed E-state index contributed by atoms with van der Waals surface area (Å²) < 4.78 is 0. The molecule has 0 spiro atoms. The lowest BCUT2D eigenvalue weighted by Crippen LogP contribution is -2.16. The van der Waals surface area contributed by atoms with Gasteiger partial charge in [-0.15, -0.1) is 0 Å². The molecule has 0 saturated carbocycles. The summed E-state index contributed by atoms with van der Waals surface area (Å²) in [6.07, 6.45) is 13.2. The van der Waals surface area contributed by atoms with Crippen molar-refractivity contribution in [3.8, 4) is 0 Å². The Bertz CT molecular complexity index is 465. The van der Waals surface area contributed by atoms with E-state index in [1.807, 2.05) is 31.3 Å². The van der Waals surface area contributed by atoms with Gasteiger partial charge in [0.25, 0.3) is 0 Å². The van der Waals surface area contributed by atoms with Crippen molar-refractivity contribution in [2.45, 2.75) is 44.9 Å². The lowest BCUT2D eigenvalue weighted by molar-refractivity contribution is 0.562. The number of allylic oxidation sites excluding steroid dienone is 1. The normalized spacial score (nSPS) is 11.2. The Balaban J connectivity index is 1.95. The molecular formula is C20H34N4. The highest BCUT2D eigenvalue weighted by molar-refractivity contribution is 5.95. The number of nitrogens with one attached hydrogen (secondary N) is 3. The number of nitrogens with two attached hydrogens (primary N) is 1. The number of hydrogen-bond donors (Lipinski definition) is 4. The van der Waals surface area contributed by atoms with E-state index >= 15 is 0 Å². The minimum Gasteiger partial charge on any atom is -0.384 e. The molecule has 1 aromatic rings. The first-order chi connectivity index (χ1) is 11.7. The van der Waals surface area contributed by atoms with Gasteiger partial charge in [0.1, 0.15) is 5.84 Å². The summed E-state index contributed by atoms with van der Waals surface area (Å²) in [5.41, 5.74) is 7.38. The van der Waals surface area contributed by atoms with E-state index in [-0.39, 0.29) is 5.84 Å². The largest absolute Gasteiger partial charge is 0.384 e. The van der Waals surface area contributed by atoms with E-state index in [0.717, 1.165) is 37.2 Å². The van der Waals surface area contributed by atoms with Crippen LogP contribution in [0, 0.1) is 5.41 Å². The number of amidine groups is 1. The molecule has 24 heavy (non-hydrogen) atoms. The van der Waals surface area contributed by atoms with Gasteiger partial charge >= 0.3 is 0 Å². The van der Waals surface area contributed by atoms with Crippen LogP contribution in [0.1, 0.15) is 56.1 Å². The van der Waals surface area contributed by atoms with Gasteiger partial charge in [-0.2, -0.15) is 0 Å². The van der Waals surface area contributed by atoms with Gasteiger partial charge in [-0.05, 0) is 57.9 Å². The molecule has 4 heteroatoms. The molecular weight excluding hydrogens is 296 g/mol. The molecule has 134 valence electrons. The van der Waals surface area contributed by atoms with E-state index < -0.39 is 0 Å². The van der Waals surface area contributed by atoms with Crippen molar-refractivity contribution in [2.75, 3.05) is 26.7 Å². The third-order valence-electron chi connectivity index (χ3n) is 4.04. The Morgan fingerprint density at radius 3 is 2.25 bits per heavy atom. The lowest BCUT2D eigenvalue weighted by atomic mass is 10.1. The number of hydrogen-bond acceptors (Lipinski definition) is 3. The fourth-order valence-electron chi connectivity index (χ4n) is 2.55. The number of unbranched alkanes of at least 4 members (excludes halogenated alkanes) is 5. The van der Waals surface area contributed by atoms with Gasteiger partial charge in [0.2, 0.25) is 0 Å². The first kappa shape index (κ1) is 20.4. The van der Waals surface area contributed by atoms with Crippen molar-refractivity contribution >= 4 is 11.9 Å². The minimum atomic E-state index is 0.120. The van der Waals surface area contributed by atoms with Crippen LogP contribution >= 0.6 is 0 Å². The molecule has 0 heterocycles. The average molecular weight is 331 g/mol. The van der Waals surface area contributed by atoms with E-state index in [4.69, 9.17) is 11.1 Å². The maximum absolute atomic E-state index is 7.37. The average Bonchev–Trinajstić information content (AvgIpc) is 2.59. The standard InChI is InChI=1S/C20H34N4/c1-23-15-7-3-2-4-8-16-24-17-9-5-6-10-18-11-13-19(14-12-18)20(21)22/h6,10-14,23-24H,2-5,7-9,15-17H2,1H3,(H3,21,22)/b10-6-. The Hall–Kier alpha value is -1.65. The van der Waals surface area contributed by atoms with Crippen LogP contribution in [-0.2, 0) is 0 Å². The van der Waals surface area contributed by atoms with Crippen LogP contribution in [0.4, 0.5) is 0 Å². The molecule has 0 amide bonds. The van der Waals surface area contributed by atoms with Crippen LogP contribution < -0.4 is 16.4 Å². The van der Waals surface area contributed by atoms with Crippen molar-refractivity contribution in [1.29, 1.82) is 5.41 Å². The van der Waals surface area contributed by atoms with Gasteiger partial charge in [0.15, 0.2) is 0 Å². The van der Waals surface area contributed by atoms with Crippen LogP contribution in [-0.4, -0.2) is 32.5 Å². The quantitative estimate of drug-likeness (QED) is 0.239. The maximum Gasteiger partial charge on any atom is 0.122 e. The zero-order valence-corrected chi connectivity index (χ0v) is 15.1. The number of nitrogen functional groups attached to an aromatic ring is 1. The molecule has 5 N–H and O–H groups in total. The summed E-state index contributed by atoms with van der Waals surface area (Å²) in [6, 6.07) is 7.79. The van der Waals surface area contributed by atoms with Gasteiger partial charge in [-0.1, -0.05) is 55.7 Å². The summed E-state index contributed by atoms with van der Waals surface area (Å²) >= 11 is 0. The van der Waals surface area contributed by atoms with Gasteiger partial charge < -0.3 is 16.4 Å². The van der Waals surface area contributed by atoms with Crippen LogP contribution in [0.15, 0.2) is 30.3 Å². The maximum atomic E-state index is 7.37. The zero-order chi connectivity index (χ0) is 17.5. The summed E-state index contributed by atoms with van der Waals surface area (Å²) in [6.45, 7) is 3.38. The Morgan fingerprint density at radius 2 is 1.58 bits per heavy atom. The Labute approximate surface area is 147 Å². The smallest absolute Gasteiger partial charge is 0.122 e. The fourth-order valence-corrected chi connectivity index (χ4v) is 2.55. The van der Waals surface area contributed by atoms with E-state index in [1.54, 1.807) is 0 Å². The van der Waals surface area contributed by atoms with Gasteiger partial charge in [0.05, 0.1) is 0 Å². The topological polar surface area (TPSA) is 73.9 Å². The van der Waals surface area contributed by atoms with E-state index in [9.17, 15) is 0 Å². The van der Waals surface area contributed by atoms with Gasteiger partial charge in [-0.25, -0.2) is 0 Å². The molecule has 0 aliphatic heterocycles. The minimum absolute atomic E-state index is 0.120. The fraction of sp³-hybridized carbons (Fsp3) is 0.550. The molecule has 4 nitrogen and oxygen atoms in total. The van der Waals surface area contributed by atoms with Crippen LogP contribution in [0.5, 0.6) is 0 Å². The Kier molecular flexibility index (Phi) is 11.7. The molecule has 0 aliphatic rings. The number of benzene rings is 1. The summed E-state index contributed by atoms with van der Waals surface area (Å²) in [5.74, 6) is 0.120. The molecule has 0 unspecified atom stereocenters. The van der Waals surface area contributed by atoms with Crippen molar-refractivity contribution in [3.63, 3.8) is 0 Å². The lowest BCUT2D eigenvalue weighted by Gasteiger charge is -2.04. The highest BCUT2D eigenvalue weighted by Gasteiger charge is 1.94. The summed E-state index contributed by atoms with van der Waals surface area (Å²) in [4.78, 5) is 0. The van der Waals surface area contributed by atoms with Crippen molar-refractivity contribution in [2.24, 2.45) is 5.73 Å². The van der Waals surface area contributed by atoms with Crippen LogP contribution in [0.3, 0.4) is 0 Å². The van der Waals surface area contributed by atoms with Gasteiger partial charge in [0, 0.05) is 5.56 Å². The highest BCUT2D eigenvalue weighted by atomic mass is 14.8. The molecule has 0 aliphatic carbocycles. The predicted molar refractivity (Wildman–Crippen MR) is 106 cm³/mol. The molecule has 1 aromatic carbocycles. The summed E-state index contributed by atoms with van der Waals surface area (Å²) in [5, 5.41) is 14.1. The second kappa shape index (κ2) is 13.8. The zero-order valence-electron chi connectivity index (χ0n) is 15.1. The highest BCUT2D eigenvalue weighted by Crippen LogP contribution is 2.07. The SMILES string of the molecule is CNCCCCCCCNCCC/C=C\c1ccc(C(=N)N)cc1. The first-order valence-corrected chi connectivity index (χ1v) is 9.20. The van der Waals surface area contributed by atoms with Crippen molar-refractivity contribution in [1.82, 2.24) is 10.6 Å². The third-order valence-corrected chi connectivity index (χ3v) is 4.04. The molecule has 1 rings (SSSR count). The Morgan fingerprint density at radius 1 is 0.958 bits per heavy atom. The molecule has 0 bridgehead atoms. The third kappa shape index (κ3) is 10.2. The van der Waals surface area contributed by atoms with E-state index in [0.29, 0.717) is 0 Å². The number of rotatable bonds is 14. The van der Waals surface area contributed by atoms with Crippen LogP contribution in [0.2, 0.25) is 0 Å². The molecule has 0 radical (unpaired) electrons. The molecule has 0 atom stereocenters. The van der Waals surface area contributed by atoms with Crippen LogP contribution in [0.25, 0.3) is 6.08 Å². The second-order valence-electron chi connectivity index (χ2n) is 6.20. The van der Waals surface area contributed by atoms with Crippen molar-refractivity contribution < 1.29 is 0 Å². The van der Waals surface area contributed by atoms with E-state index in [1.165, 1.54) is 38.5 Å². The summed E-state index contributed by atoms with van der Waals surface area (Å²) in [7, 11) is 2.02. The molecule has 0 fully saturated rings. The van der Waals surface area contributed by atoms with Gasteiger partial charge in [-0.3, -0.25) is 5.41 Å². The van der Waals surface area contributed by atoms with E-state index in [2.05, 4.69) is 22.8 Å².